The minimum Gasteiger partial charge on any atom is -0.369 e. The van der Waals surface area contributed by atoms with Crippen LogP contribution in [0.3, 0.4) is 0 Å². The molecule has 1 unspecified atom stereocenters. The summed E-state index contributed by atoms with van der Waals surface area (Å²) in [5, 5.41) is 0. The van der Waals surface area contributed by atoms with Crippen molar-refractivity contribution in [3.63, 3.8) is 0 Å². The molecule has 3 rings (SSSR count). The van der Waals surface area contributed by atoms with Gasteiger partial charge >= 0.3 is 0 Å². The lowest BCUT2D eigenvalue weighted by Crippen LogP contribution is -2.36. The quantitative estimate of drug-likeness (QED) is 0.922. The molecule has 1 aliphatic rings. The SMILES string of the molecule is Cc1cc(C2CN=C(N)N2c2ccc(F)cc2)ccc1F. The molecule has 0 saturated heterocycles. The summed E-state index contributed by atoms with van der Waals surface area (Å²) in [5.41, 5.74) is 8.23. The third-order valence-electron chi connectivity index (χ3n) is 3.66. The first-order valence-corrected chi connectivity index (χ1v) is 6.67. The maximum absolute atomic E-state index is 13.4. The predicted octanol–water partition coefficient (Wildman–Crippen LogP) is 3.15. The number of aliphatic imine (C=N–C) groups is 1. The fourth-order valence-electron chi connectivity index (χ4n) is 2.54. The summed E-state index contributed by atoms with van der Waals surface area (Å²) < 4.78 is 26.5. The van der Waals surface area contributed by atoms with Crippen LogP contribution in [0.5, 0.6) is 0 Å². The third-order valence-corrected chi connectivity index (χ3v) is 3.66. The standard InChI is InChI=1S/C16H15F2N3/c1-10-8-11(2-7-14(10)18)15-9-20-16(19)21(15)13-5-3-12(17)4-6-13/h2-8,15H,9H2,1H3,(H2,19,20). The van der Waals surface area contributed by atoms with Crippen LogP contribution in [0.4, 0.5) is 14.5 Å². The van der Waals surface area contributed by atoms with Gasteiger partial charge in [0.1, 0.15) is 11.6 Å². The van der Waals surface area contributed by atoms with Crippen LogP contribution in [0.2, 0.25) is 0 Å². The average molecular weight is 287 g/mol. The summed E-state index contributed by atoms with van der Waals surface area (Å²) in [6.45, 7) is 2.22. The Labute approximate surface area is 121 Å². The second-order valence-electron chi connectivity index (χ2n) is 5.07. The van der Waals surface area contributed by atoms with E-state index in [2.05, 4.69) is 4.99 Å². The van der Waals surface area contributed by atoms with Crippen molar-refractivity contribution in [3.8, 4) is 0 Å². The largest absolute Gasteiger partial charge is 0.369 e. The van der Waals surface area contributed by atoms with Crippen molar-refractivity contribution < 1.29 is 8.78 Å². The van der Waals surface area contributed by atoms with E-state index in [0.29, 0.717) is 18.1 Å². The van der Waals surface area contributed by atoms with E-state index in [9.17, 15) is 8.78 Å². The Morgan fingerprint density at radius 2 is 1.86 bits per heavy atom. The van der Waals surface area contributed by atoms with E-state index in [4.69, 9.17) is 5.73 Å². The van der Waals surface area contributed by atoms with Crippen LogP contribution < -0.4 is 10.6 Å². The van der Waals surface area contributed by atoms with Crippen LogP contribution in [-0.2, 0) is 0 Å². The van der Waals surface area contributed by atoms with E-state index in [1.165, 1.54) is 18.2 Å². The van der Waals surface area contributed by atoms with Gasteiger partial charge in [-0.05, 0) is 48.4 Å². The summed E-state index contributed by atoms with van der Waals surface area (Å²) in [5.74, 6) is -0.157. The molecular formula is C16H15F2N3. The van der Waals surface area contributed by atoms with Crippen molar-refractivity contribution in [2.45, 2.75) is 13.0 Å². The fourth-order valence-corrected chi connectivity index (χ4v) is 2.54. The molecule has 0 bridgehead atoms. The number of aryl methyl sites for hydroxylation is 1. The molecule has 0 spiro atoms. The van der Waals surface area contributed by atoms with Crippen LogP contribution in [0.25, 0.3) is 0 Å². The Morgan fingerprint density at radius 3 is 2.52 bits per heavy atom. The fraction of sp³-hybridized carbons (Fsp3) is 0.188. The summed E-state index contributed by atoms with van der Waals surface area (Å²) >= 11 is 0. The number of benzene rings is 2. The van der Waals surface area contributed by atoms with E-state index >= 15 is 0 Å². The van der Waals surface area contributed by atoms with Crippen molar-refractivity contribution >= 4 is 11.6 Å². The van der Waals surface area contributed by atoms with Gasteiger partial charge in [-0.2, -0.15) is 0 Å². The zero-order valence-corrected chi connectivity index (χ0v) is 11.6. The molecule has 1 heterocycles. The average Bonchev–Trinajstić information content (AvgIpc) is 2.85. The smallest absolute Gasteiger partial charge is 0.196 e. The van der Waals surface area contributed by atoms with Gasteiger partial charge in [0.15, 0.2) is 5.96 Å². The molecule has 21 heavy (non-hydrogen) atoms. The molecule has 0 amide bonds. The first-order valence-electron chi connectivity index (χ1n) is 6.67. The molecule has 0 fully saturated rings. The van der Waals surface area contributed by atoms with Gasteiger partial charge in [-0.1, -0.05) is 12.1 Å². The summed E-state index contributed by atoms with van der Waals surface area (Å²) in [4.78, 5) is 6.10. The van der Waals surface area contributed by atoms with Gasteiger partial charge in [-0.15, -0.1) is 0 Å². The zero-order chi connectivity index (χ0) is 15.0. The Hall–Kier alpha value is -2.43. The molecule has 1 aliphatic heterocycles. The number of guanidine groups is 1. The number of rotatable bonds is 2. The Morgan fingerprint density at radius 1 is 1.14 bits per heavy atom. The third kappa shape index (κ3) is 2.46. The van der Waals surface area contributed by atoms with Crippen molar-refractivity contribution in [3.05, 3.63) is 65.2 Å². The second kappa shape index (κ2) is 5.16. The normalized spacial score (nSPS) is 18.0. The minimum atomic E-state index is -0.303. The number of anilines is 1. The highest BCUT2D eigenvalue weighted by atomic mass is 19.1. The number of halogens is 2. The van der Waals surface area contributed by atoms with Gasteiger partial charge in [0.2, 0.25) is 0 Å². The van der Waals surface area contributed by atoms with E-state index < -0.39 is 0 Å². The van der Waals surface area contributed by atoms with Gasteiger partial charge in [0, 0.05) is 5.69 Å². The molecule has 3 nitrogen and oxygen atoms in total. The molecule has 0 aromatic heterocycles. The highest BCUT2D eigenvalue weighted by Crippen LogP contribution is 2.31. The van der Waals surface area contributed by atoms with E-state index in [-0.39, 0.29) is 17.7 Å². The zero-order valence-electron chi connectivity index (χ0n) is 11.6. The lowest BCUT2D eigenvalue weighted by Gasteiger charge is -2.27. The molecule has 0 radical (unpaired) electrons. The van der Waals surface area contributed by atoms with Gasteiger partial charge in [0.05, 0.1) is 12.6 Å². The van der Waals surface area contributed by atoms with Crippen molar-refractivity contribution in [1.82, 2.24) is 0 Å². The van der Waals surface area contributed by atoms with Crippen molar-refractivity contribution in [2.75, 3.05) is 11.4 Å². The summed E-state index contributed by atoms with van der Waals surface area (Å²) in [6, 6.07) is 11.0. The van der Waals surface area contributed by atoms with Crippen molar-refractivity contribution in [1.29, 1.82) is 0 Å². The molecule has 2 aromatic rings. The van der Waals surface area contributed by atoms with Crippen LogP contribution in [0.15, 0.2) is 47.5 Å². The Kier molecular flexibility index (Phi) is 3.33. The lowest BCUT2D eigenvalue weighted by molar-refractivity contribution is 0.615. The summed E-state index contributed by atoms with van der Waals surface area (Å²) in [6.07, 6.45) is 0. The highest BCUT2D eigenvalue weighted by Gasteiger charge is 2.29. The Bertz CT molecular complexity index is 695. The van der Waals surface area contributed by atoms with Crippen LogP contribution in [-0.4, -0.2) is 12.5 Å². The molecule has 1 atom stereocenters. The molecule has 108 valence electrons. The van der Waals surface area contributed by atoms with E-state index in [1.807, 2.05) is 4.90 Å². The maximum Gasteiger partial charge on any atom is 0.196 e. The lowest BCUT2D eigenvalue weighted by atomic mass is 10.0. The van der Waals surface area contributed by atoms with Gasteiger partial charge in [0.25, 0.3) is 0 Å². The molecule has 0 saturated carbocycles. The van der Waals surface area contributed by atoms with Gasteiger partial charge in [-0.3, -0.25) is 4.99 Å². The van der Waals surface area contributed by atoms with E-state index in [0.717, 1.165) is 11.3 Å². The number of hydrogen-bond acceptors (Lipinski definition) is 3. The van der Waals surface area contributed by atoms with Crippen LogP contribution >= 0.6 is 0 Å². The number of nitrogens with zero attached hydrogens (tertiary/aromatic N) is 2. The molecule has 2 N–H and O–H groups in total. The second-order valence-corrected chi connectivity index (χ2v) is 5.07. The topological polar surface area (TPSA) is 41.6 Å². The molecule has 2 aromatic carbocycles. The number of nitrogens with two attached hydrogens (primary N) is 1. The monoisotopic (exact) mass is 287 g/mol. The van der Waals surface area contributed by atoms with Crippen LogP contribution in [0, 0.1) is 18.6 Å². The maximum atomic E-state index is 13.4. The highest BCUT2D eigenvalue weighted by molar-refractivity contribution is 5.97. The molecule has 0 aliphatic carbocycles. The first-order chi connectivity index (χ1) is 10.1. The molecular weight excluding hydrogens is 272 g/mol. The first kappa shape index (κ1) is 13.5. The minimum absolute atomic E-state index is 0.102. The van der Waals surface area contributed by atoms with Crippen molar-refractivity contribution in [2.24, 2.45) is 10.7 Å². The summed E-state index contributed by atoms with van der Waals surface area (Å²) in [7, 11) is 0. The predicted molar refractivity (Wildman–Crippen MR) is 79.2 cm³/mol. The van der Waals surface area contributed by atoms with Gasteiger partial charge < -0.3 is 10.6 Å². The molecule has 5 heteroatoms. The van der Waals surface area contributed by atoms with Crippen LogP contribution in [0.1, 0.15) is 17.2 Å². The Balaban J connectivity index is 1.98. The van der Waals surface area contributed by atoms with Gasteiger partial charge in [-0.25, -0.2) is 8.78 Å². The number of hydrogen-bond donors (Lipinski definition) is 1. The van der Waals surface area contributed by atoms with E-state index in [1.54, 1.807) is 31.2 Å².